The summed E-state index contributed by atoms with van der Waals surface area (Å²) in [6, 6.07) is 9.69. The van der Waals surface area contributed by atoms with E-state index in [0.29, 0.717) is 5.69 Å². The summed E-state index contributed by atoms with van der Waals surface area (Å²) in [5.74, 6) is -1.09. The van der Waals surface area contributed by atoms with Gasteiger partial charge in [0.05, 0.1) is 17.8 Å². The first-order valence-electron chi connectivity index (χ1n) is 7.13. The maximum Gasteiger partial charge on any atom is 0.416 e. The van der Waals surface area contributed by atoms with E-state index >= 15 is 0 Å². The highest BCUT2D eigenvalue weighted by Gasteiger charge is 2.30. The molecule has 1 N–H and O–H groups in total. The van der Waals surface area contributed by atoms with Crippen LogP contribution in [0.2, 0.25) is 0 Å². The molecule has 0 aliphatic carbocycles. The number of aromatic nitrogens is 3. The minimum absolute atomic E-state index is 0.0994. The summed E-state index contributed by atoms with van der Waals surface area (Å²) in [4.78, 5) is 19.9. The highest BCUT2D eigenvalue weighted by Crippen LogP contribution is 2.31. The van der Waals surface area contributed by atoms with E-state index in [1.807, 2.05) is 0 Å². The molecule has 25 heavy (non-hydrogen) atoms. The fourth-order valence-corrected chi connectivity index (χ4v) is 2.02. The number of alkyl halides is 3. The van der Waals surface area contributed by atoms with Crippen molar-refractivity contribution >= 4 is 5.91 Å². The summed E-state index contributed by atoms with van der Waals surface area (Å²) >= 11 is 0. The Labute approximate surface area is 139 Å². The maximum atomic E-state index is 12.7. The fraction of sp³-hybridized carbons (Fsp3) is 0.125. The molecule has 0 saturated heterocycles. The van der Waals surface area contributed by atoms with E-state index in [0.717, 1.165) is 12.1 Å². The molecule has 0 aliphatic rings. The van der Waals surface area contributed by atoms with Gasteiger partial charge in [-0.3, -0.25) is 9.78 Å². The van der Waals surface area contributed by atoms with Crippen molar-refractivity contribution in [3.8, 4) is 11.4 Å². The van der Waals surface area contributed by atoms with Crippen molar-refractivity contribution < 1.29 is 22.5 Å². The zero-order chi connectivity index (χ0) is 17.9. The number of carbonyl (C=O) groups is 1. The predicted molar refractivity (Wildman–Crippen MR) is 80.1 cm³/mol. The van der Waals surface area contributed by atoms with Crippen LogP contribution < -0.4 is 5.32 Å². The molecule has 9 heteroatoms. The van der Waals surface area contributed by atoms with Gasteiger partial charge in [-0.25, -0.2) is 0 Å². The van der Waals surface area contributed by atoms with Crippen molar-refractivity contribution in [3.05, 3.63) is 65.8 Å². The van der Waals surface area contributed by atoms with E-state index in [9.17, 15) is 18.0 Å². The van der Waals surface area contributed by atoms with E-state index in [-0.39, 0.29) is 23.8 Å². The van der Waals surface area contributed by atoms with Gasteiger partial charge >= 0.3 is 18.0 Å². The minimum Gasteiger partial charge on any atom is -0.342 e. The lowest BCUT2D eigenvalue weighted by Crippen LogP contribution is -2.23. The van der Waals surface area contributed by atoms with Gasteiger partial charge in [-0.05, 0) is 24.3 Å². The first-order chi connectivity index (χ1) is 11.9. The number of hydrogen-bond donors (Lipinski definition) is 1. The second-order valence-corrected chi connectivity index (χ2v) is 5.01. The molecule has 0 atom stereocenters. The summed E-state index contributed by atoms with van der Waals surface area (Å²) in [7, 11) is 0. The Morgan fingerprint density at radius 1 is 1.16 bits per heavy atom. The van der Waals surface area contributed by atoms with Crippen molar-refractivity contribution in [2.45, 2.75) is 12.7 Å². The number of nitrogens with zero attached hydrogens (tertiary/aromatic N) is 3. The van der Waals surface area contributed by atoms with Gasteiger partial charge < -0.3 is 9.84 Å². The molecule has 0 radical (unpaired) electrons. The Hall–Kier alpha value is -3.23. The summed E-state index contributed by atoms with van der Waals surface area (Å²) in [6.07, 6.45) is -2.90. The van der Waals surface area contributed by atoms with Gasteiger partial charge in [0.2, 0.25) is 5.82 Å². The van der Waals surface area contributed by atoms with Crippen LogP contribution in [0.1, 0.15) is 21.9 Å². The first-order valence-corrected chi connectivity index (χ1v) is 7.13. The highest BCUT2D eigenvalue weighted by molar-refractivity contribution is 5.89. The number of pyridine rings is 1. The molecular formula is C16H11F3N4O2. The van der Waals surface area contributed by atoms with Gasteiger partial charge in [-0.15, -0.1) is 0 Å². The largest absolute Gasteiger partial charge is 0.416 e. The molecule has 0 bridgehead atoms. The molecular weight excluding hydrogens is 337 g/mol. The third kappa shape index (κ3) is 4.00. The molecule has 0 spiro atoms. The van der Waals surface area contributed by atoms with Crippen LogP contribution in [0.25, 0.3) is 11.4 Å². The van der Waals surface area contributed by atoms with Crippen molar-refractivity contribution in [1.82, 2.24) is 20.4 Å². The Bertz CT molecular complexity index is 878. The Balaban J connectivity index is 1.73. The molecule has 2 aromatic heterocycles. The van der Waals surface area contributed by atoms with Crippen LogP contribution in [-0.4, -0.2) is 21.0 Å². The van der Waals surface area contributed by atoms with Crippen molar-refractivity contribution in [2.75, 3.05) is 0 Å². The number of nitrogens with one attached hydrogen (secondary N) is 1. The Morgan fingerprint density at radius 2 is 2.00 bits per heavy atom. The zero-order valence-corrected chi connectivity index (χ0v) is 12.6. The van der Waals surface area contributed by atoms with Gasteiger partial charge in [-0.2, -0.15) is 18.2 Å². The SMILES string of the molecule is O=C(NCc1ccccn1)c1nc(-c2cccc(C(F)(F)F)c2)no1. The monoisotopic (exact) mass is 348 g/mol. The Morgan fingerprint density at radius 3 is 2.72 bits per heavy atom. The maximum absolute atomic E-state index is 12.7. The molecule has 0 fully saturated rings. The smallest absolute Gasteiger partial charge is 0.342 e. The highest BCUT2D eigenvalue weighted by atomic mass is 19.4. The summed E-state index contributed by atoms with van der Waals surface area (Å²) in [5, 5.41) is 6.09. The predicted octanol–water partition coefficient (Wildman–Crippen LogP) is 3.08. The van der Waals surface area contributed by atoms with Gasteiger partial charge in [0, 0.05) is 11.8 Å². The van der Waals surface area contributed by atoms with Crippen LogP contribution in [0.4, 0.5) is 13.2 Å². The average molecular weight is 348 g/mol. The van der Waals surface area contributed by atoms with E-state index in [1.165, 1.54) is 12.1 Å². The molecule has 0 aliphatic heterocycles. The average Bonchev–Trinajstić information content (AvgIpc) is 3.10. The zero-order valence-electron chi connectivity index (χ0n) is 12.6. The lowest BCUT2D eigenvalue weighted by atomic mass is 10.1. The van der Waals surface area contributed by atoms with Gasteiger partial charge in [-0.1, -0.05) is 23.4 Å². The molecule has 128 valence electrons. The van der Waals surface area contributed by atoms with Crippen LogP contribution in [-0.2, 0) is 12.7 Å². The third-order valence-electron chi connectivity index (χ3n) is 3.22. The number of rotatable bonds is 4. The van der Waals surface area contributed by atoms with E-state index in [2.05, 4.69) is 20.4 Å². The molecule has 0 unspecified atom stereocenters. The minimum atomic E-state index is -4.48. The summed E-state index contributed by atoms with van der Waals surface area (Å²) in [6.45, 7) is 0.154. The normalized spacial score (nSPS) is 11.3. The van der Waals surface area contributed by atoms with Crippen molar-refractivity contribution in [2.24, 2.45) is 0 Å². The third-order valence-corrected chi connectivity index (χ3v) is 3.22. The number of carbonyl (C=O) groups excluding carboxylic acids is 1. The summed E-state index contributed by atoms with van der Waals surface area (Å²) < 4.78 is 43.1. The van der Waals surface area contributed by atoms with Crippen molar-refractivity contribution in [3.63, 3.8) is 0 Å². The molecule has 0 saturated carbocycles. The summed E-state index contributed by atoms with van der Waals surface area (Å²) in [5.41, 5.74) is -0.105. The van der Waals surface area contributed by atoms with E-state index in [1.54, 1.807) is 24.4 Å². The second-order valence-electron chi connectivity index (χ2n) is 5.01. The molecule has 1 amide bonds. The quantitative estimate of drug-likeness (QED) is 0.784. The van der Waals surface area contributed by atoms with Crippen LogP contribution >= 0.6 is 0 Å². The number of hydrogen-bond acceptors (Lipinski definition) is 5. The van der Waals surface area contributed by atoms with Crippen molar-refractivity contribution in [1.29, 1.82) is 0 Å². The molecule has 3 aromatic rings. The number of halogens is 3. The van der Waals surface area contributed by atoms with Crippen LogP contribution in [0.15, 0.2) is 53.2 Å². The van der Waals surface area contributed by atoms with Gasteiger partial charge in [0.1, 0.15) is 0 Å². The van der Waals surface area contributed by atoms with Crippen LogP contribution in [0.3, 0.4) is 0 Å². The number of benzene rings is 1. The first kappa shape index (κ1) is 16.6. The number of amides is 1. The molecule has 1 aromatic carbocycles. The lowest BCUT2D eigenvalue weighted by molar-refractivity contribution is -0.137. The Kier molecular flexibility index (Phi) is 4.46. The second kappa shape index (κ2) is 6.71. The van der Waals surface area contributed by atoms with E-state index < -0.39 is 17.6 Å². The fourth-order valence-electron chi connectivity index (χ4n) is 2.02. The topological polar surface area (TPSA) is 80.9 Å². The van der Waals surface area contributed by atoms with Gasteiger partial charge in [0.25, 0.3) is 0 Å². The lowest BCUT2D eigenvalue weighted by Gasteiger charge is -2.06. The van der Waals surface area contributed by atoms with Crippen LogP contribution in [0.5, 0.6) is 0 Å². The molecule has 3 rings (SSSR count). The van der Waals surface area contributed by atoms with Gasteiger partial charge in [0.15, 0.2) is 0 Å². The molecule has 2 heterocycles. The standard InChI is InChI=1S/C16H11F3N4O2/c17-16(18,19)11-5-3-4-10(8-11)13-22-15(25-23-13)14(24)21-9-12-6-1-2-7-20-12/h1-8H,9H2,(H,21,24). The molecule has 6 nitrogen and oxygen atoms in total. The van der Waals surface area contributed by atoms with E-state index in [4.69, 9.17) is 4.52 Å². The van der Waals surface area contributed by atoms with Crippen LogP contribution in [0, 0.1) is 0 Å².